The summed E-state index contributed by atoms with van der Waals surface area (Å²) in [5.41, 5.74) is 6.80. The number of hydrazine groups is 1. The summed E-state index contributed by atoms with van der Waals surface area (Å²) in [4.78, 5) is 25.7. The smallest absolute Gasteiger partial charge is 0.305 e. The molecule has 1 saturated carbocycles. The molecule has 3 aromatic rings. The second kappa shape index (κ2) is 7.32. The van der Waals surface area contributed by atoms with Crippen molar-refractivity contribution < 1.29 is 14.0 Å². The van der Waals surface area contributed by atoms with Crippen LogP contribution in [0.3, 0.4) is 0 Å². The standard InChI is InChI=1S/C22H21ClN2O3/c1-14-17-6-2-3-7-18(17)28-19(14)20(26)24-25-21(27)22(12-4-5-13-22)15-8-10-16(23)11-9-15/h2-3,6-11H,4-5,12-13H2,1H3,(H,24,26)(H,25,27). The molecule has 2 N–H and O–H groups in total. The third-order valence-corrected chi connectivity index (χ3v) is 5.88. The number of carbonyl (C=O) groups is 2. The van der Waals surface area contributed by atoms with Crippen LogP contribution in [0.25, 0.3) is 11.0 Å². The fourth-order valence-corrected chi connectivity index (χ4v) is 4.20. The fraction of sp³-hybridized carbons (Fsp3) is 0.273. The highest BCUT2D eigenvalue weighted by atomic mass is 35.5. The van der Waals surface area contributed by atoms with Crippen molar-refractivity contribution in [1.82, 2.24) is 10.9 Å². The van der Waals surface area contributed by atoms with E-state index < -0.39 is 11.3 Å². The van der Waals surface area contributed by atoms with Crippen molar-refractivity contribution in [2.45, 2.75) is 38.0 Å². The Balaban J connectivity index is 1.53. The number of nitrogens with one attached hydrogen (secondary N) is 2. The molecule has 6 heteroatoms. The number of aryl methyl sites for hydroxylation is 1. The number of para-hydroxylation sites is 1. The Morgan fingerprint density at radius 1 is 1.00 bits per heavy atom. The number of carbonyl (C=O) groups excluding carboxylic acids is 2. The van der Waals surface area contributed by atoms with E-state index in [1.165, 1.54) is 0 Å². The van der Waals surface area contributed by atoms with Gasteiger partial charge in [-0.15, -0.1) is 0 Å². The Morgan fingerprint density at radius 2 is 1.68 bits per heavy atom. The van der Waals surface area contributed by atoms with Gasteiger partial charge in [0.1, 0.15) is 5.58 Å². The van der Waals surface area contributed by atoms with Gasteiger partial charge in [0.05, 0.1) is 5.41 Å². The number of benzene rings is 2. The van der Waals surface area contributed by atoms with Crippen LogP contribution >= 0.6 is 11.6 Å². The molecule has 4 rings (SSSR count). The molecule has 0 radical (unpaired) electrons. The molecule has 0 unspecified atom stereocenters. The van der Waals surface area contributed by atoms with Gasteiger partial charge in [-0.2, -0.15) is 0 Å². The zero-order valence-electron chi connectivity index (χ0n) is 15.5. The van der Waals surface area contributed by atoms with Gasteiger partial charge in [0.2, 0.25) is 5.91 Å². The summed E-state index contributed by atoms with van der Waals surface area (Å²) in [6, 6.07) is 14.8. The highest BCUT2D eigenvalue weighted by Gasteiger charge is 2.43. The maximum atomic E-state index is 13.1. The van der Waals surface area contributed by atoms with Gasteiger partial charge in [-0.25, -0.2) is 0 Å². The lowest BCUT2D eigenvalue weighted by Crippen LogP contribution is -2.50. The highest BCUT2D eigenvalue weighted by Crippen LogP contribution is 2.41. The molecule has 0 spiro atoms. The van der Waals surface area contributed by atoms with Crippen LogP contribution in [-0.4, -0.2) is 11.8 Å². The van der Waals surface area contributed by atoms with E-state index in [9.17, 15) is 9.59 Å². The van der Waals surface area contributed by atoms with Crippen LogP contribution in [0, 0.1) is 6.92 Å². The zero-order chi connectivity index (χ0) is 19.7. The average molecular weight is 397 g/mol. The predicted octanol–water partition coefficient (Wildman–Crippen LogP) is 4.67. The second-order valence-corrected chi connectivity index (χ2v) is 7.69. The lowest BCUT2D eigenvalue weighted by atomic mass is 9.78. The van der Waals surface area contributed by atoms with Gasteiger partial charge in [0.25, 0.3) is 0 Å². The molecule has 1 fully saturated rings. The number of hydrogen-bond acceptors (Lipinski definition) is 3. The van der Waals surface area contributed by atoms with Gasteiger partial charge in [-0.1, -0.05) is 54.8 Å². The van der Waals surface area contributed by atoms with Crippen molar-refractivity contribution in [1.29, 1.82) is 0 Å². The Kier molecular flexibility index (Phi) is 4.85. The number of halogens is 1. The van der Waals surface area contributed by atoms with E-state index in [0.717, 1.165) is 42.2 Å². The van der Waals surface area contributed by atoms with Crippen LogP contribution in [0.2, 0.25) is 5.02 Å². The van der Waals surface area contributed by atoms with Crippen LogP contribution in [0.4, 0.5) is 0 Å². The number of rotatable bonds is 3. The molecule has 1 aromatic heterocycles. The van der Waals surface area contributed by atoms with E-state index in [4.69, 9.17) is 16.0 Å². The van der Waals surface area contributed by atoms with Gasteiger partial charge in [0, 0.05) is 16.0 Å². The molecule has 1 heterocycles. The summed E-state index contributed by atoms with van der Waals surface area (Å²) in [5.74, 6) is -0.478. The first kappa shape index (κ1) is 18.6. The molecule has 2 amide bonds. The summed E-state index contributed by atoms with van der Waals surface area (Å²) in [7, 11) is 0. The molecule has 0 aliphatic heterocycles. The molecule has 5 nitrogen and oxygen atoms in total. The summed E-state index contributed by atoms with van der Waals surface area (Å²) in [6.07, 6.45) is 3.40. The SMILES string of the molecule is Cc1c(C(=O)NNC(=O)C2(c3ccc(Cl)cc3)CCCC2)oc2ccccc12. The minimum absolute atomic E-state index is 0.202. The van der Waals surface area contributed by atoms with Gasteiger partial charge in [-0.3, -0.25) is 20.4 Å². The molecule has 1 aliphatic carbocycles. The number of fused-ring (bicyclic) bond motifs is 1. The van der Waals surface area contributed by atoms with E-state index in [1.54, 1.807) is 12.1 Å². The first-order valence-corrected chi connectivity index (χ1v) is 9.74. The normalized spacial score (nSPS) is 15.5. The Labute approximate surface area is 168 Å². The maximum Gasteiger partial charge on any atom is 0.305 e. The van der Waals surface area contributed by atoms with Gasteiger partial charge in [0.15, 0.2) is 5.76 Å². The lowest BCUT2D eigenvalue weighted by molar-refractivity contribution is -0.127. The largest absolute Gasteiger partial charge is 0.451 e. The summed E-state index contributed by atoms with van der Waals surface area (Å²) in [6.45, 7) is 1.83. The highest BCUT2D eigenvalue weighted by molar-refractivity contribution is 6.30. The second-order valence-electron chi connectivity index (χ2n) is 7.26. The molecule has 144 valence electrons. The molecular formula is C22H21ClN2O3. The number of hydrogen-bond donors (Lipinski definition) is 2. The van der Waals surface area contributed by atoms with Crippen molar-refractivity contribution >= 4 is 34.4 Å². The van der Waals surface area contributed by atoms with Crippen molar-refractivity contribution in [3.8, 4) is 0 Å². The van der Waals surface area contributed by atoms with E-state index in [-0.39, 0.29) is 11.7 Å². The first-order chi connectivity index (χ1) is 13.5. The quantitative estimate of drug-likeness (QED) is 0.632. The van der Waals surface area contributed by atoms with E-state index in [2.05, 4.69) is 10.9 Å². The number of amides is 2. The molecule has 2 aromatic carbocycles. The Hall–Kier alpha value is -2.79. The minimum Gasteiger partial charge on any atom is -0.451 e. The molecule has 0 atom stereocenters. The average Bonchev–Trinajstić information content (AvgIpc) is 3.33. The van der Waals surface area contributed by atoms with Gasteiger partial charge < -0.3 is 4.42 Å². The fourth-order valence-electron chi connectivity index (χ4n) is 4.08. The molecule has 1 aliphatic rings. The van der Waals surface area contributed by atoms with Gasteiger partial charge in [-0.05, 0) is 43.5 Å². The van der Waals surface area contributed by atoms with E-state index in [0.29, 0.717) is 10.6 Å². The molecular weight excluding hydrogens is 376 g/mol. The van der Waals surface area contributed by atoms with Crippen LogP contribution in [0.5, 0.6) is 0 Å². The van der Waals surface area contributed by atoms with E-state index >= 15 is 0 Å². The summed E-state index contributed by atoms with van der Waals surface area (Å²) < 4.78 is 5.66. The van der Waals surface area contributed by atoms with Crippen LogP contribution < -0.4 is 10.9 Å². The Bertz CT molecular complexity index is 1030. The van der Waals surface area contributed by atoms with Crippen LogP contribution in [0.15, 0.2) is 52.9 Å². The molecule has 0 saturated heterocycles. The van der Waals surface area contributed by atoms with Gasteiger partial charge >= 0.3 is 5.91 Å². The van der Waals surface area contributed by atoms with E-state index in [1.807, 2.05) is 43.3 Å². The minimum atomic E-state index is -0.652. The van der Waals surface area contributed by atoms with Crippen molar-refractivity contribution in [3.05, 3.63) is 70.4 Å². The third kappa shape index (κ3) is 3.16. The lowest BCUT2D eigenvalue weighted by Gasteiger charge is -2.28. The first-order valence-electron chi connectivity index (χ1n) is 9.36. The third-order valence-electron chi connectivity index (χ3n) is 5.63. The van der Waals surface area contributed by atoms with Crippen molar-refractivity contribution in [2.75, 3.05) is 0 Å². The van der Waals surface area contributed by atoms with Crippen LogP contribution in [-0.2, 0) is 10.2 Å². The topological polar surface area (TPSA) is 71.3 Å². The van der Waals surface area contributed by atoms with Crippen LogP contribution in [0.1, 0.15) is 47.4 Å². The van der Waals surface area contributed by atoms with Crippen molar-refractivity contribution in [2.24, 2.45) is 0 Å². The predicted molar refractivity (Wildman–Crippen MR) is 108 cm³/mol. The zero-order valence-corrected chi connectivity index (χ0v) is 16.3. The molecule has 0 bridgehead atoms. The van der Waals surface area contributed by atoms with Crippen molar-refractivity contribution in [3.63, 3.8) is 0 Å². The number of furan rings is 1. The monoisotopic (exact) mass is 396 g/mol. The summed E-state index contributed by atoms with van der Waals surface area (Å²) in [5, 5.41) is 1.51. The Morgan fingerprint density at radius 3 is 2.36 bits per heavy atom. The maximum absolute atomic E-state index is 13.1. The summed E-state index contributed by atoms with van der Waals surface area (Å²) >= 11 is 5.99. The molecule has 28 heavy (non-hydrogen) atoms.